The molecule has 0 spiro atoms. The van der Waals surface area contributed by atoms with Gasteiger partial charge in [0.25, 0.3) is 5.91 Å². The molecule has 1 aliphatic rings. The van der Waals surface area contributed by atoms with Crippen molar-refractivity contribution >= 4 is 52.0 Å². The van der Waals surface area contributed by atoms with Crippen molar-refractivity contribution in [3.05, 3.63) is 89.5 Å². The van der Waals surface area contributed by atoms with Gasteiger partial charge < -0.3 is 26.0 Å². The molecule has 0 radical (unpaired) electrons. The van der Waals surface area contributed by atoms with Crippen LogP contribution in [0.25, 0.3) is 11.3 Å². The molecule has 39 heavy (non-hydrogen) atoms. The van der Waals surface area contributed by atoms with Crippen LogP contribution >= 0.6 is 0 Å². The molecule has 200 valence electrons. The quantitative estimate of drug-likeness (QED) is 0.288. The standard InChI is InChI=1S/C29H29N5O5/c1-33(16-24(30)35)17-25(36)34(2)21-12-10-20(11-13-21)31-27(18-7-5-4-6-8-18)26-22-14-9-19(29(38)39-3)15-23(22)32-28(26)37/h4-15,31H,16-17H2,1-3H3,(H2,30,35)(H,32,37). The second-order valence-corrected chi connectivity index (χ2v) is 9.09. The number of likely N-dealkylation sites (N-methyl/N-ethyl adjacent to an activating group) is 2. The molecule has 1 heterocycles. The van der Waals surface area contributed by atoms with E-state index in [1.54, 1.807) is 49.3 Å². The van der Waals surface area contributed by atoms with Crippen LogP contribution in [0.2, 0.25) is 0 Å². The maximum Gasteiger partial charge on any atom is 0.337 e. The molecule has 3 aromatic carbocycles. The second-order valence-electron chi connectivity index (χ2n) is 9.09. The SMILES string of the molecule is COC(=O)c1ccc2c(c1)NC(=O)C2=C(Nc1ccc(N(C)C(=O)CN(C)CC(N)=O)cc1)c1ccccc1. The Morgan fingerprint density at radius 3 is 2.26 bits per heavy atom. The van der Waals surface area contributed by atoms with Gasteiger partial charge in [0.05, 0.1) is 42.7 Å². The van der Waals surface area contributed by atoms with E-state index < -0.39 is 11.9 Å². The number of esters is 1. The van der Waals surface area contributed by atoms with Crippen molar-refractivity contribution in [3.63, 3.8) is 0 Å². The summed E-state index contributed by atoms with van der Waals surface area (Å²) in [5.74, 6) is -1.50. The van der Waals surface area contributed by atoms with Gasteiger partial charge in [-0.15, -0.1) is 0 Å². The summed E-state index contributed by atoms with van der Waals surface area (Å²) in [4.78, 5) is 51.9. The number of ether oxygens (including phenoxy) is 1. The Labute approximate surface area is 226 Å². The molecule has 3 aromatic rings. The molecule has 0 aromatic heterocycles. The van der Waals surface area contributed by atoms with Gasteiger partial charge in [-0.25, -0.2) is 4.79 Å². The lowest BCUT2D eigenvalue weighted by Crippen LogP contribution is -2.40. The first-order valence-corrected chi connectivity index (χ1v) is 12.1. The predicted molar refractivity (Wildman–Crippen MR) is 150 cm³/mol. The number of methoxy groups -OCH3 is 1. The predicted octanol–water partition coefficient (Wildman–Crippen LogP) is 2.79. The fourth-order valence-corrected chi connectivity index (χ4v) is 4.27. The van der Waals surface area contributed by atoms with Crippen molar-refractivity contribution in [3.8, 4) is 0 Å². The summed E-state index contributed by atoms with van der Waals surface area (Å²) in [5, 5.41) is 6.22. The Morgan fingerprint density at radius 1 is 0.923 bits per heavy atom. The van der Waals surface area contributed by atoms with Crippen LogP contribution in [0.5, 0.6) is 0 Å². The van der Waals surface area contributed by atoms with Gasteiger partial charge in [0.15, 0.2) is 0 Å². The van der Waals surface area contributed by atoms with Crippen LogP contribution in [0.3, 0.4) is 0 Å². The summed E-state index contributed by atoms with van der Waals surface area (Å²) in [6.45, 7) is 0.0238. The maximum atomic E-state index is 13.2. The number of nitrogens with one attached hydrogen (secondary N) is 2. The number of amides is 3. The number of hydrogen-bond acceptors (Lipinski definition) is 7. The topological polar surface area (TPSA) is 134 Å². The first kappa shape index (κ1) is 27.1. The number of nitrogens with two attached hydrogens (primary N) is 1. The van der Waals surface area contributed by atoms with Gasteiger partial charge in [0, 0.05) is 24.0 Å². The third-order valence-corrected chi connectivity index (χ3v) is 6.23. The monoisotopic (exact) mass is 527 g/mol. The summed E-state index contributed by atoms with van der Waals surface area (Å²) < 4.78 is 4.80. The number of anilines is 3. The van der Waals surface area contributed by atoms with E-state index in [0.29, 0.717) is 39.5 Å². The highest BCUT2D eigenvalue weighted by molar-refractivity contribution is 6.37. The molecular weight excluding hydrogens is 498 g/mol. The molecule has 0 saturated heterocycles. The Balaban J connectivity index is 1.64. The van der Waals surface area contributed by atoms with E-state index in [0.717, 1.165) is 5.56 Å². The lowest BCUT2D eigenvalue weighted by atomic mass is 9.99. The lowest BCUT2D eigenvalue weighted by molar-refractivity contribution is -0.121. The Kier molecular flexibility index (Phi) is 8.07. The van der Waals surface area contributed by atoms with Crippen molar-refractivity contribution in [2.45, 2.75) is 0 Å². The number of hydrogen-bond donors (Lipinski definition) is 3. The highest BCUT2D eigenvalue weighted by atomic mass is 16.5. The third-order valence-electron chi connectivity index (χ3n) is 6.23. The average molecular weight is 528 g/mol. The average Bonchev–Trinajstić information content (AvgIpc) is 3.25. The molecule has 3 amide bonds. The van der Waals surface area contributed by atoms with Crippen LogP contribution in [0.1, 0.15) is 21.5 Å². The molecule has 0 aliphatic carbocycles. The number of benzene rings is 3. The highest BCUT2D eigenvalue weighted by Crippen LogP contribution is 2.38. The minimum Gasteiger partial charge on any atom is -0.465 e. The van der Waals surface area contributed by atoms with E-state index in [-0.39, 0.29) is 24.9 Å². The number of carbonyl (C=O) groups is 4. The van der Waals surface area contributed by atoms with E-state index in [9.17, 15) is 19.2 Å². The van der Waals surface area contributed by atoms with Gasteiger partial charge in [-0.05, 0) is 49.0 Å². The Morgan fingerprint density at radius 2 is 1.62 bits per heavy atom. The van der Waals surface area contributed by atoms with Crippen molar-refractivity contribution in [1.82, 2.24) is 4.90 Å². The van der Waals surface area contributed by atoms with Crippen LogP contribution < -0.4 is 21.3 Å². The zero-order valence-electron chi connectivity index (χ0n) is 21.9. The van der Waals surface area contributed by atoms with Crippen LogP contribution in [0.4, 0.5) is 17.1 Å². The zero-order chi connectivity index (χ0) is 28.1. The van der Waals surface area contributed by atoms with Crippen LogP contribution in [-0.2, 0) is 19.1 Å². The minimum absolute atomic E-state index is 0.0138. The molecule has 0 fully saturated rings. The normalized spacial score (nSPS) is 13.4. The molecule has 1 aliphatic heterocycles. The van der Waals surface area contributed by atoms with Gasteiger partial charge in [-0.2, -0.15) is 0 Å². The molecule has 4 N–H and O–H groups in total. The van der Waals surface area contributed by atoms with E-state index in [2.05, 4.69) is 10.6 Å². The number of fused-ring (bicyclic) bond motifs is 1. The number of carbonyl (C=O) groups excluding carboxylic acids is 4. The second kappa shape index (κ2) is 11.6. The summed E-state index contributed by atoms with van der Waals surface area (Å²) in [6, 6.07) is 21.6. The van der Waals surface area contributed by atoms with Crippen LogP contribution in [-0.4, -0.2) is 62.9 Å². The van der Waals surface area contributed by atoms with Crippen LogP contribution in [0.15, 0.2) is 72.8 Å². The molecule has 0 unspecified atom stereocenters. The molecule has 4 rings (SSSR count). The Hall–Kier alpha value is -4.96. The summed E-state index contributed by atoms with van der Waals surface area (Å²) in [6.07, 6.45) is 0. The van der Waals surface area contributed by atoms with Gasteiger partial charge in [-0.1, -0.05) is 36.4 Å². The summed E-state index contributed by atoms with van der Waals surface area (Å²) in [5.41, 5.74) is 9.87. The van der Waals surface area contributed by atoms with Crippen LogP contribution in [0, 0.1) is 0 Å². The molecule has 10 nitrogen and oxygen atoms in total. The lowest BCUT2D eigenvalue weighted by Gasteiger charge is -2.22. The third kappa shape index (κ3) is 6.13. The van der Waals surface area contributed by atoms with Gasteiger partial charge in [0.2, 0.25) is 11.8 Å². The van der Waals surface area contributed by atoms with E-state index >= 15 is 0 Å². The highest BCUT2D eigenvalue weighted by Gasteiger charge is 2.29. The molecule has 0 bridgehead atoms. The van der Waals surface area contributed by atoms with Gasteiger partial charge in [0.1, 0.15) is 0 Å². The summed E-state index contributed by atoms with van der Waals surface area (Å²) >= 11 is 0. The summed E-state index contributed by atoms with van der Waals surface area (Å²) in [7, 11) is 4.61. The van der Waals surface area contributed by atoms with Gasteiger partial charge in [-0.3, -0.25) is 19.3 Å². The zero-order valence-corrected chi connectivity index (χ0v) is 21.9. The smallest absolute Gasteiger partial charge is 0.337 e. The van der Waals surface area contributed by atoms with Crippen molar-refractivity contribution in [2.24, 2.45) is 5.73 Å². The number of nitrogens with zero attached hydrogens (tertiary/aromatic N) is 2. The fraction of sp³-hybridized carbons (Fsp3) is 0.172. The fourth-order valence-electron chi connectivity index (χ4n) is 4.27. The van der Waals surface area contributed by atoms with Crippen molar-refractivity contribution in [1.29, 1.82) is 0 Å². The maximum absolute atomic E-state index is 13.2. The largest absolute Gasteiger partial charge is 0.465 e. The van der Waals surface area contributed by atoms with E-state index in [4.69, 9.17) is 10.5 Å². The number of primary amides is 1. The molecular formula is C29H29N5O5. The van der Waals surface area contributed by atoms with Gasteiger partial charge >= 0.3 is 5.97 Å². The Bertz CT molecular complexity index is 1450. The molecule has 0 atom stereocenters. The van der Waals surface area contributed by atoms with Crippen molar-refractivity contribution < 1.29 is 23.9 Å². The molecule has 10 heteroatoms. The first-order chi connectivity index (χ1) is 18.7. The first-order valence-electron chi connectivity index (χ1n) is 12.1. The van der Waals surface area contributed by atoms with E-state index in [1.165, 1.54) is 12.0 Å². The minimum atomic E-state index is -0.505. The van der Waals surface area contributed by atoms with Crippen molar-refractivity contribution in [2.75, 3.05) is 49.8 Å². The number of rotatable bonds is 9. The molecule has 0 saturated carbocycles. The van der Waals surface area contributed by atoms with E-state index in [1.807, 2.05) is 42.5 Å².